The lowest BCUT2D eigenvalue weighted by molar-refractivity contribution is -0.384. The van der Waals surface area contributed by atoms with Crippen molar-refractivity contribution in [1.82, 2.24) is 9.88 Å². The van der Waals surface area contributed by atoms with Crippen LogP contribution in [0.15, 0.2) is 18.5 Å². The van der Waals surface area contributed by atoms with Gasteiger partial charge in [0.25, 0.3) is 0 Å². The maximum Gasteiger partial charge on any atom is 0.310 e. The normalized spacial score (nSPS) is 10.9. The Labute approximate surface area is 107 Å². The first kappa shape index (κ1) is 14.4. The van der Waals surface area contributed by atoms with Crippen LogP contribution in [0.5, 0.6) is 0 Å². The van der Waals surface area contributed by atoms with Crippen molar-refractivity contribution in [3.8, 4) is 0 Å². The average molecular weight is 252 g/mol. The van der Waals surface area contributed by atoms with Crippen LogP contribution >= 0.6 is 0 Å². The molecule has 1 rings (SSSR count). The van der Waals surface area contributed by atoms with E-state index in [1.54, 1.807) is 12.3 Å². The monoisotopic (exact) mass is 252 g/mol. The van der Waals surface area contributed by atoms with Crippen LogP contribution in [0, 0.1) is 10.1 Å². The molecule has 0 spiro atoms. The van der Waals surface area contributed by atoms with E-state index in [1.807, 2.05) is 0 Å². The minimum absolute atomic E-state index is 0.0229. The highest BCUT2D eigenvalue weighted by molar-refractivity contribution is 5.59. The zero-order chi connectivity index (χ0) is 13.5. The summed E-state index contributed by atoms with van der Waals surface area (Å²) in [6.45, 7) is 5.95. The molecule has 1 heterocycles. The number of rotatable bonds is 7. The molecule has 0 aliphatic carbocycles. The molecule has 0 aliphatic heterocycles. The number of aromatic nitrogens is 1. The van der Waals surface area contributed by atoms with Gasteiger partial charge in [-0.05, 0) is 39.9 Å². The van der Waals surface area contributed by atoms with Crippen LogP contribution in [-0.2, 0) is 0 Å². The van der Waals surface area contributed by atoms with E-state index in [-0.39, 0.29) is 5.69 Å². The van der Waals surface area contributed by atoms with Gasteiger partial charge >= 0.3 is 5.69 Å². The molecule has 1 aromatic rings. The lowest BCUT2D eigenvalue weighted by atomic mass is 10.3. The molecule has 0 saturated heterocycles. The summed E-state index contributed by atoms with van der Waals surface area (Å²) >= 11 is 0. The van der Waals surface area contributed by atoms with Gasteiger partial charge in [-0.1, -0.05) is 0 Å². The second-order valence-electron chi connectivity index (χ2n) is 4.50. The maximum absolute atomic E-state index is 10.8. The number of pyridine rings is 1. The molecule has 6 heteroatoms. The fourth-order valence-corrected chi connectivity index (χ4v) is 1.49. The molecule has 0 unspecified atom stereocenters. The Morgan fingerprint density at radius 1 is 1.56 bits per heavy atom. The topological polar surface area (TPSA) is 71.3 Å². The molecule has 0 radical (unpaired) electrons. The first-order valence-electron chi connectivity index (χ1n) is 6.05. The van der Waals surface area contributed by atoms with Gasteiger partial charge in [0.1, 0.15) is 11.9 Å². The van der Waals surface area contributed by atoms with Gasteiger partial charge in [-0.15, -0.1) is 0 Å². The zero-order valence-corrected chi connectivity index (χ0v) is 11.1. The van der Waals surface area contributed by atoms with Crippen LogP contribution < -0.4 is 5.32 Å². The van der Waals surface area contributed by atoms with Crippen molar-refractivity contribution < 1.29 is 4.92 Å². The molecule has 1 N–H and O–H groups in total. The van der Waals surface area contributed by atoms with Crippen LogP contribution in [0.2, 0.25) is 0 Å². The van der Waals surface area contributed by atoms with Gasteiger partial charge in [-0.3, -0.25) is 15.1 Å². The van der Waals surface area contributed by atoms with Crippen molar-refractivity contribution in [3.05, 3.63) is 28.6 Å². The summed E-state index contributed by atoms with van der Waals surface area (Å²) in [6, 6.07) is 2.14. The lowest BCUT2D eigenvalue weighted by Gasteiger charge is -2.20. The highest BCUT2D eigenvalue weighted by Gasteiger charge is 2.12. The zero-order valence-electron chi connectivity index (χ0n) is 11.1. The summed E-state index contributed by atoms with van der Waals surface area (Å²) in [5.41, 5.74) is 0.553. The summed E-state index contributed by atoms with van der Waals surface area (Å²) in [7, 11) is 2.07. The number of anilines is 1. The third-order valence-electron chi connectivity index (χ3n) is 2.88. The Bertz CT molecular complexity index is 395. The highest BCUT2D eigenvalue weighted by atomic mass is 16.6. The predicted molar refractivity (Wildman–Crippen MR) is 71.8 cm³/mol. The summed E-state index contributed by atoms with van der Waals surface area (Å²) < 4.78 is 0. The van der Waals surface area contributed by atoms with Gasteiger partial charge in [-0.25, -0.2) is 0 Å². The molecular weight excluding hydrogens is 232 g/mol. The van der Waals surface area contributed by atoms with E-state index < -0.39 is 4.92 Å². The van der Waals surface area contributed by atoms with E-state index in [2.05, 4.69) is 36.1 Å². The molecule has 0 amide bonds. The van der Waals surface area contributed by atoms with E-state index in [0.717, 1.165) is 13.0 Å². The van der Waals surface area contributed by atoms with Gasteiger partial charge in [0.2, 0.25) is 0 Å². The number of nitrogens with one attached hydrogen (secondary N) is 1. The van der Waals surface area contributed by atoms with E-state index in [4.69, 9.17) is 0 Å². The largest absolute Gasteiger partial charge is 0.379 e. The Hall–Kier alpha value is -1.69. The van der Waals surface area contributed by atoms with Crippen molar-refractivity contribution in [2.24, 2.45) is 0 Å². The van der Waals surface area contributed by atoms with E-state index in [1.165, 1.54) is 6.20 Å². The molecular formula is C12H20N4O2. The minimum atomic E-state index is -0.421. The quantitative estimate of drug-likeness (QED) is 0.457. The molecule has 0 aromatic carbocycles. The SMILES string of the molecule is CC(C)N(C)CCCNc1ccncc1[N+](=O)[O-]. The molecule has 100 valence electrons. The molecule has 0 aliphatic rings. The van der Waals surface area contributed by atoms with E-state index in [0.29, 0.717) is 18.3 Å². The Balaban J connectivity index is 2.42. The van der Waals surface area contributed by atoms with Gasteiger partial charge in [0, 0.05) is 18.8 Å². The third kappa shape index (κ3) is 4.29. The summed E-state index contributed by atoms with van der Waals surface area (Å²) in [5, 5.41) is 13.8. The van der Waals surface area contributed by atoms with Crippen molar-refractivity contribution >= 4 is 11.4 Å². The van der Waals surface area contributed by atoms with Gasteiger partial charge < -0.3 is 10.2 Å². The van der Waals surface area contributed by atoms with Crippen molar-refractivity contribution in [2.45, 2.75) is 26.3 Å². The maximum atomic E-state index is 10.8. The molecule has 0 saturated carbocycles. The van der Waals surface area contributed by atoms with Crippen LogP contribution in [-0.4, -0.2) is 41.0 Å². The third-order valence-corrected chi connectivity index (χ3v) is 2.88. The van der Waals surface area contributed by atoms with Gasteiger partial charge in [-0.2, -0.15) is 0 Å². The van der Waals surface area contributed by atoms with E-state index in [9.17, 15) is 10.1 Å². The summed E-state index contributed by atoms with van der Waals surface area (Å²) in [5.74, 6) is 0. The van der Waals surface area contributed by atoms with Crippen LogP contribution in [0.25, 0.3) is 0 Å². The lowest BCUT2D eigenvalue weighted by Crippen LogP contribution is -2.28. The molecule has 18 heavy (non-hydrogen) atoms. The second kappa shape index (κ2) is 6.90. The predicted octanol–water partition coefficient (Wildman–Crippen LogP) is 2.13. The number of hydrogen-bond donors (Lipinski definition) is 1. The fourth-order valence-electron chi connectivity index (χ4n) is 1.49. The van der Waals surface area contributed by atoms with Crippen LogP contribution in [0.4, 0.5) is 11.4 Å². The summed E-state index contributed by atoms with van der Waals surface area (Å²) in [6.07, 6.45) is 3.76. The molecule has 1 aromatic heterocycles. The van der Waals surface area contributed by atoms with Crippen molar-refractivity contribution in [2.75, 3.05) is 25.5 Å². The van der Waals surface area contributed by atoms with Crippen LogP contribution in [0.1, 0.15) is 20.3 Å². The Morgan fingerprint density at radius 2 is 2.28 bits per heavy atom. The first-order chi connectivity index (χ1) is 8.52. The smallest absolute Gasteiger partial charge is 0.310 e. The van der Waals surface area contributed by atoms with Crippen molar-refractivity contribution in [3.63, 3.8) is 0 Å². The van der Waals surface area contributed by atoms with Crippen molar-refractivity contribution in [1.29, 1.82) is 0 Å². The number of nitro groups is 1. The van der Waals surface area contributed by atoms with Crippen LogP contribution in [0.3, 0.4) is 0 Å². The van der Waals surface area contributed by atoms with Gasteiger partial charge in [0.05, 0.1) is 4.92 Å². The van der Waals surface area contributed by atoms with Gasteiger partial charge in [0.15, 0.2) is 0 Å². The molecule has 0 bridgehead atoms. The average Bonchev–Trinajstić information content (AvgIpc) is 2.34. The highest BCUT2D eigenvalue weighted by Crippen LogP contribution is 2.21. The second-order valence-corrected chi connectivity index (χ2v) is 4.50. The fraction of sp³-hybridized carbons (Fsp3) is 0.583. The standard InChI is InChI=1S/C12H20N4O2/c1-10(2)15(3)8-4-6-14-11-5-7-13-9-12(11)16(17)18/h5,7,9-10H,4,6,8H2,1-3H3,(H,13,14). The Kier molecular flexibility index (Phi) is 5.51. The molecule has 0 fully saturated rings. The summed E-state index contributed by atoms with van der Waals surface area (Å²) in [4.78, 5) is 16.3. The first-order valence-corrected chi connectivity index (χ1v) is 6.05. The number of nitrogens with zero attached hydrogens (tertiary/aromatic N) is 3. The molecule has 0 atom stereocenters. The minimum Gasteiger partial charge on any atom is -0.379 e. The molecule has 6 nitrogen and oxygen atoms in total. The number of hydrogen-bond acceptors (Lipinski definition) is 5. The van der Waals surface area contributed by atoms with E-state index >= 15 is 0 Å². The Morgan fingerprint density at radius 3 is 2.89 bits per heavy atom.